The van der Waals surface area contributed by atoms with Gasteiger partial charge in [0.15, 0.2) is 0 Å². The van der Waals surface area contributed by atoms with Crippen molar-refractivity contribution >= 4 is 11.8 Å². The first-order chi connectivity index (χ1) is 8.48. The van der Waals surface area contributed by atoms with Gasteiger partial charge in [0.2, 0.25) is 5.91 Å². The number of rotatable bonds is 5. The summed E-state index contributed by atoms with van der Waals surface area (Å²) >= 11 is 0. The monoisotopic (exact) mass is 290 g/mol. The van der Waals surface area contributed by atoms with Gasteiger partial charge < -0.3 is 9.80 Å². The maximum Gasteiger partial charge on any atom is 0.463 e. The maximum atomic E-state index is 12.7. The second-order valence-corrected chi connectivity index (χ2v) is 3.80. The van der Waals surface area contributed by atoms with Crippen molar-refractivity contribution in [3.8, 4) is 0 Å². The van der Waals surface area contributed by atoms with Crippen molar-refractivity contribution in [1.82, 2.24) is 9.80 Å². The van der Waals surface area contributed by atoms with Crippen molar-refractivity contribution in [1.29, 1.82) is 0 Å². The number of hydrogen-bond acceptors (Lipinski definition) is 2. The molecule has 0 radical (unpaired) electrons. The fraction of sp³-hybridized carbons (Fsp3) is 0.800. The molecular formula is C10H15F5N2O2. The highest BCUT2D eigenvalue weighted by Crippen LogP contribution is 2.36. The molecule has 0 aliphatic heterocycles. The summed E-state index contributed by atoms with van der Waals surface area (Å²) in [5.41, 5.74) is 0. The molecule has 19 heavy (non-hydrogen) atoms. The predicted octanol–water partition coefficient (Wildman–Crippen LogP) is 1.51. The molecule has 0 bridgehead atoms. The highest BCUT2D eigenvalue weighted by molar-refractivity contribution is 5.88. The van der Waals surface area contributed by atoms with Gasteiger partial charge in [-0.05, 0) is 13.8 Å². The van der Waals surface area contributed by atoms with Gasteiger partial charge in [0, 0.05) is 20.1 Å². The molecule has 0 aromatic carbocycles. The lowest BCUT2D eigenvalue weighted by molar-refractivity contribution is -0.273. The largest absolute Gasteiger partial charge is 0.463 e. The van der Waals surface area contributed by atoms with Crippen molar-refractivity contribution < 1.29 is 31.5 Å². The van der Waals surface area contributed by atoms with E-state index < -0.39 is 30.5 Å². The van der Waals surface area contributed by atoms with E-state index in [0.717, 1.165) is 7.05 Å². The van der Waals surface area contributed by atoms with E-state index in [1.54, 1.807) is 13.8 Å². The number of amides is 2. The standard InChI is InChI=1S/C10H15F5N2O2/c1-4-17(5-2)7(18)6-16(3)8(19)9(11,12)10(13,14)15/h4-6H2,1-3H3. The molecule has 9 heteroatoms. The molecule has 0 saturated carbocycles. The van der Waals surface area contributed by atoms with E-state index in [2.05, 4.69) is 0 Å². The molecule has 0 unspecified atom stereocenters. The Morgan fingerprint density at radius 2 is 1.42 bits per heavy atom. The van der Waals surface area contributed by atoms with E-state index in [4.69, 9.17) is 0 Å². The molecule has 0 N–H and O–H groups in total. The number of hydrogen-bond donors (Lipinski definition) is 0. The summed E-state index contributed by atoms with van der Waals surface area (Å²) in [5.74, 6) is -8.63. The van der Waals surface area contributed by atoms with Gasteiger partial charge in [0.1, 0.15) is 0 Å². The lowest BCUT2D eigenvalue weighted by Crippen LogP contribution is -2.53. The summed E-state index contributed by atoms with van der Waals surface area (Å²) in [6.45, 7) is 2.95. The summed E-state index contributed by atoms with van der Waals surface area (Å²) in [6.07, 6.45) is -5.98. The van der Waals surface area contributed by atoms with Crippen LogP contribution in [-0.4, -0.2) is 60.4 Å². The smallest absolute Gasteiger partial charge is 0.342 e. The first-order valence-corrected chi connectivity index (χ1v) is 5.46. The van der Waals surface area contributed by atoms with Crippen molar-refractivity contribution in [2.45, 2.75) is 25.9 Å². The molecule has 0 aromatic heterocycles. The first kappa shape index (κ1) is 17.6. The second kappa shape index (κ2) is 6.16. The van der Waals surface area contributed by atoms with Gasteiger partial charge in [-0.15, -0.1) is 0 Å². The molecule has 0 heterocycles. The molecule has 0 fully saturated rings. The van der Waals surface area contributed by atoms with Crippen LogP contribution in [0.3, 0.4) is 0 Å². The van der Waals surface area contributed by atoms with Crippen molar-refractivity contribution in [3.63, 3.8) is 0 Å². The van der Waals surface area contributed by atoms with Gasteiger partial charge in [-0.1, -0.05) is 0 Å². The van der Waals surface area contributed by atoms with Crippen LogP contribution in [0.4, 0.5) is 22.0 Å². The van der Waals surface area contributed by atoms with E-state index in [1.807, 2.05) is 0 Å². The average Bonchev–Trinajstić information content (AvgIpc) is 2.27. The summed E-state index contributed by atoms with van der Waals surface area (Å²) in [4.78, 5) is 23.8. The number of carbonyl (C=O) groups excluding carboxylic acids is 2. The molecule has 0 saturated heterocycles. The summed E-state index contributed by atoms with van der Waals surface area (Å²) in [7, 11) is 0.726. The average molecular weight is 290 g/mol. The molecule has 0 atom stereocenters. The summed E-state index contributed by atoms with van der Waals surface area (Å²) in [5, 5.41) is 0. The number of likely N-dealkylation sites (N-methyl/N-ethyl adjacent to an activating group) is 2. The highest BCUT2D eigenvalue weighted by Gasteiger charge is 2.64. The van der Waals surface area contributed by atoms with E-state index in [9.17, 15) is 31.5 Å². The van der Waals surface area contributed by atoms with Gasteiger partial charge in [-0.3, -0.25) is 9.59 Å². The molecule has 0 aliphatic carbocycles. The molecule has 0 rings (SSSR count). The lowest BCUT2D eigenvalue weighted by atomic mass is 10.2. The zero-order valence-electron chi connectivity index (χ0n) is 10.7. The summed E-state index contributed by atoms with van der Waals surface area (Å²) in [6, 6.07) is 0. The van der Waals surface area contributed by atoms with Gasteiger partial charge in [0.05, 0.1) is 6.54 Å². The van der Waals surface area contributed by atoms with Crippen LogP contribution in [0.5, 0.6) is 0 Å². The summed E-state index contributed by atoms with van der Waals surface area (Å²) < 4.78 is 61.4. The predicted molar refractivity (Wildman–Crippen MR) is 56.6 cm³/mol. The van der Waals surface area contributed by atoms with Crippen molar-refractivity contribution in [3.05, 3.63) is 0 Å². The lowest BCUT2D eigenvalue weighted by Gasteiger charge is -2.26. The highest BCUT2D eigenvalue weighted by atomic mass is 19.4. The minimum atomic E-state index is -5.98. The Morgan fingerprint density at radius 1 is 1.00 bits per heavy atom. The normalized spacial score (nSPS) is 12.2. The number of alkyl halides is 5. The minimum absolute atomic E-state index is 0.0775. The SMILES string of the molecule is CCN(CC)C(=O)CN(C)C(=O)C(F)(F)C(F)(F)F. The topological polar surface area (TPSA) is 40.6 Å². The first-order valence-electron chi connectivity index (χ1n) is 5.46. The molecule has 2 amide bonds. The van der Waals surface area contributed by atoms with Crippen molar-refractivity contribution in [2.75, 3.05) is 26.7 Å². The Labute approximate surface area is 107 Å². The van der Waals surface area contributed by atoms with E-state index >= 15 is 0 Å². The third-order valence-corrected chi connectivity index (χ3v) is 2.46. The molecule has 112 valence electrons. The molecule has 4 nitrogen and oxygen atoms in total. The van der Waals surface area contributed by atoms with Gasteiger partial charge in [-0.2, -0.15) is 22.0 Å². The molecule has 0 aromatic rings. The fourth-order valence-electron chi connectivity index (χ4n) is 1.31. The zero-order valence-corrected chi connectivity index (χ0v) is 10.7. The molecule has 0 spiro atoms. The van der Waals surface area contributed by atoms with Crippen LogP contribution in [0.1, 0.15) is 13.8 Å². The fourth-order valence-corrected chi connectivity index (χ4v) is 1.31. The quantitative estimate of drug-likeness (QED) is 0.720. The molecular weight excluding hydrogens is 275 g/mol. The van der Waals surface area contributed by atoms with Gasteiger partial charge >= 0.3 is 18.0 Å². The van der Waals surface area contributed by atoms with Crippen LogP contribution in [0.15, 0.2) is 0 Å². The Hall–Kier alpha value is -1.41. The van der Waals surface area contributed by atoms with E-state index in [1.165, 1.54) is 4.90 Å². The number of nitrogens with zero attached hydrogens (tertiary/aromatic N) is 2. The van der Waals surface area contributed by atoms with Crippen LogP contribution in [0.25, 0.3) is 0 Å². The third-order valence-electron chi connectivity index (χ3n) is 2.46. The van der Waals surface area contributed by atoms with Crippen LogP contribution in [0.2, 0.25) is 0 Å². The number of halogens is 5. The van der Waals surface area contributed by atoms with Crippen LogP contribution in [0, 0.1) is 0 Å². The number of carbonyl (C=O) groups is 2. The third kappa shape index (κ3) is 4.03. The molecule has 0 aliphatic rings. The Bertz CT molecular complexity index is 339. The van der Waals surface area contributed by atoms with Crippen LogP contribution in [-0.2, 0) is 9.59 Å². The second-order valence-electron chi connectivity index (χ2n) is 3.80. The Morgan fingerprint density at radius 3 is 1.74 bits per heavy atom. The van der Waals surface area contributed by atoms with Crippen LogP contribution < -0.4 is 0 Å². The van der Waals surface area contributed by atoms with Gasteiger partial charge in [0.25, 0.3) is 0 Å². The maximum absolute atomic E-state index is 12.7. The Balaban J connectivity index is 4.81. The van der Waals surface area contributed by atoms with E-state index in [-0.39, 0.29) is 18.0 Å². The van der Waals surface area contributed by atoms with Gasteiger partial charge in [-0.25, -0.2) is 0 Å². The Kier molecular flexibility index (Phi) is 5.70. The zero-order chi connectivity index (χ0) is 15.4. The van der Waals surface area contributed by atoms with Crippen molar-refractivity contribution in [2.24, 2.45) is 0 Å². The van der Waals surface area contributed by atoms with E-state index in [0.29, 0.717) is 0 Å². The minimum Gasteiger partial charge on any atom is -0.342 e. The van der Waals surface area contributed by atoms with Crippen LogP contribution >= 0.6 is 0 Å².